The van der Waals surface area contributed by atoms with E-state index in [1.165, 1.54) is 7.11 Å². The second-order valence-electron chi connectivity index (χ2n) is 3.82. The third-order valence-corrected chi connectivity index (χ3v) is 5.00. The van der Waals surface area contributed by atoms with Gasteiger partial charge in [-0.05, 0) is 32.2 Å². The lowest BCUT2D eigenvalue weighted by Gasteiger charge is -2.21. The van der Waals surface area contributed by atoms with Crippen LogP contribution in [0.3, 0.4) is 0 Å². The molecule has 0 heterocycles. The zero-order chi connectivity index (χ0) is 13.1. The van der Waals surface area contributed by atoms with Gasteiger partial charge < -0.3 is 18.9 Å². The highest BCUT2D eigenvalue weighted by molar-refractivity contribution is 6.46. The van der Waals surface area contributed by atoms with Crippen molar-refractivity contribution in [3.63, 3.8) is 0 Å². The molecule has 0 rings (SSSR count). The highest BCUT2D eigenvalue weighted by atomic mass is 28.3. The number of rotatable bonds is 9. The average Bonchev–Trinajstić information content (AvgIpc) is 2.33. The number of amides is 1. The summed E-state index contributed by atoms with van der Waals surface area (Å²) < 4.78 is 15.8. The molecule has 1 atom stereocenters. The minimum atomic E-state index is -1.55. The van der Waals surface area contributed by atoms with Crippen LogP contribution in [0.25, 0.3) is 0 Å². The van der Waals surface area contributed by atoms with Crippen molar-refractivity contribution < 1.29 is 18.4 Å². The molecule has 17 heavy (non-hydrogen) atoms. The largest absolute Gasteiger partial charge is 0.453 e. The van der Waals surface area contributed by atoms with Crippen LogP contribution in [0, 0.1) is 0 Å². The molecule has 0 spiro atoms. The van der Waals surface area contributed by atoms with E-state index in [0.717, 1.165) is 12.8 Å². The lowest BCUT2D eigenvalue weighted by molar-refractivity contribution is 0.170. The Morgan fingerprint density at radius 1 is 1.29 bits per heavy atom. The molecule has 0 aliphatic heterocycles. The zero-order valence-corrected chi connectivity index (χ0v) is 12.5. The van der Waals surface area contributed by atoms with Crippen molar-refractivity contribution in [2.45, 2.75) is 39.2 Å². The van der Waals surface area contributed by atoms with Crippen LogP contribution in [0.5, 0.6) is 0 Å². The number of carbonyl (C=O) groups excluding carboxylic acids is 1. The van der Waals surface area contributed by atoms with Gasteiger partial charge in [-0.25, -0.2) is 4.79 Å². The Kier molecular flexibility index (Phi) is 10.2. The maximum Gasteiger partial charge on any atom is 0.406 e. The van der Waals surface area contributed by atoms with Crippen molar-refractivity contribution in [3.8, 4) is 0 Å². The van der Waals surface area contributed by atoms with Crippen molar-refractivity contribution in [3.05, 3.63) is 0 Å². The molecule has 0 aromatic heterocycles. The van der Waals surface area contributed by atoms with Crippen LogP contribution in [0.1, 0.15) is 33.6 Å². The topological polar surface area (TPSA) is 56.8 Å². The van der Waals surface area contributed by atoms with Gasteiger partial charge in [0.2, 0.25) is 0 Å². The molecule has 102 valence electrons. The van der Waals surface area contributed by atoms with Gasteiger partial charge in [0.25, 0.3) is 0 Å². The first-order chi connectivity index (χ1) is 8.15. The van der Waals surface area contributed by atoms with Crippen LogP contribution in [-0.2, 0) is 13.6 Å². The monoisotopic (exact) mass is 263 g/mol. The molecule has 0 aromatic carbocycles. The Morgan fingerprint density at radius 2 is 1.88 bits per heavy atom. The second kappa shape index (κ2) is 10.6. The summed E-state index contributed by atoms with van der Waals surface area (Å²) in [5, 5.41) is 2.66. The molecular weight excluding hydrogens is 238 g/mol. The van der Waals surface area contributed by atoms with E-state index in [1.807, 2.05) is 13.8 Å². The predicted molar refractivity (Wildman–Crippen MR) is 69.5 cm³/mol. The first-order valence-corrected chi connectivity index (χ1v) is 7.81. The van der Waals surface area contributed by atoms with E-state index in [-0.39, 0.29) is 6.09 Å². The second-order valence-corrected chi connectivity index (χ2v) is 6.36. The van der Waals surface area contributed by atoms with E-state index >= 15 is 0 Å². The van der Waals surface area contributed by atoms with Crippen LogP contribution >= 0.6 is 0 Å². The van der Waals surface area contributed by atoms with Crippen LogP contribution in [0.4, 0.5) is 4.79 Å². The van der Waals surface area contributed by atoms with Crippen LogP contribution in [-0.4, -0.2) is 42.2 Å². The first-order valence-electron chi connectivity index (χ1n) is 6.20. The van der Waals surface area contributed by atoms with Gasteiger partial charge in [0.1, 0.15) is 0 Å². The summed E-state index contributed by atoms with van der Waals surface area (Å²) in [4.78, 5) is 10.8. The summed E-state index contributed by atoms with van der Waals surface area (Å²) in [5.74, 6) is 0. The smallest absolute Gasteiger partial charge is 0.406 e. The Balaban J connectivity index is 3.73. The maximum atomic E-state index is 10.8. The quantitative estimate of drug-likeness (QED) is 0.509. The third-order valence-electron chi connectivity index (χ3n) is 2.42. The molecule has 0 saturated carbocycles. The van der Waals surface area contributed by atoms with Crippen molar-refractivity contribution in [2.75, 3.05) is 26.9 Å². The molecule has 0 fully saturated rings. The Hall–Kier alpha value is -0.593. The number of methoxy groups -OCH3 is 1. The molecule has 0 bridgehead atoms. The van der Waals surface area contributed by atoms with Gasteiger partial charge >= 0.3 is 15.4 Å². The van der Waals surface area contributed by atoms with Gasteiger partial charge in [0.15, 0.2) is 0 Å². The fourth-order valence-corrected chi connectivity index (χ4v) is 3.45. The number of hydrogen-bond acceptors (Lipinski definition) is 4. The minimum absolute atomic E-state index is 0.374. The predicted octanol–water partition coefficient (Wildman–Crippen LogP) is 1.81. The molecule has 1 amide bonds. The van der Waals surface area contributed by atoms with E-state index in [4.69, 9.17) is 8.85 Å². The summed E-state index contributed by atoms with van der Waals surface area (Å²) >= 11 is 0. The van der Waals surface area contributed by atoms with Gasteiger partial charge in [0, 0.05) is 19.8 Å². The Morgan fingerprint density at radius 3 is 2.35 bits per heavy atom. The molecule has 1 N–H and O–H groups in total. The lowest BCUT2D eigenvalue weighted by Crippen LogP contribution is -2.29. The van der Waals surface area contributed by atoms with Crippen LogP contribution < -0.4 is 5.32 Å². The van der Waals surface area contributed by atoms with Gasteiger partial charge in [-0.15, -0.1) is 0 Å². The van der Waals surface area contributed by atoms with E-state index in [2.05, 4.69) is 17.0 Å². The molecule has 0 saturated heterocycles. The van der Waals surface area contributed by atoms with Crippen molar-refractivity contribution >= 4 is 15.4 Å². The fraction of sp³-hybridized carbons (Fsp3) is 0.909. The molecule has 0 aromatic rings. The fourth-order valence-electron chi connectivity index (χ4n) is 1.53. The van der Waals surface area contributed by atoms with E-state index in [0.29, 0.717) is 25.3 Å². The van der Waals surface area contributed by atoms with E-state index < -0.39 is 9.28 Å². The number of nitrogens with one attached hydrogen (secondary N) is 1. The summed E-state index contributed by atoms with van der Waals surface area (Å²) in [6, 6.07) is 0. The third kappa shape index (κ3) is 8.17. The minimum Gasteiger partial charge on any atom is -0.453 e. The van der Waals surface area contributed by atoms with Gasteiger partial charge in [0.05, 0.1) is 7.11 Å². The highest BCUT2D eigenvalue weighted by Gasteiger charge is 2.20. The molecule has 6 heteroatoms. The number of carbonyl (C=O) groups is 1. The molecule has 0 aliphatic rings. The Labute approximate surface area is 106 Å². The van der Waals surface area contributed by atoms with Crippen molar-refractivity contribution in [1.29, 1.82) is 0 Å². The molecule has 0 aliphatic carbocycles. The average molecular weight is 263 g/mol. The normalized spacial score (nSPS) is 12.5. The zero-order valence-electron chi connectivity index (χ0n) is 11.3. The first kappa shape index (κ1) is 16.4. The van der Waals surface area contributed by atoms with Crippen LogP contribution in [0.15, 0.2) is 0 Å². The number of alkyl carbamates (subject to hydrolysis) is 1. The van der Waals surface area contributed by atoms with Gasteiger partial charge in [-0.2, -0.15) is 0 Å². The van der Waals surface area contributed by atoms with E-state index in [1.54, 1.807) is 0 Å². The van der Waals surface area contributed by atoms with Gasteiger partial charge in [-0.1, -0.05) is 6.92 Å². The molecule has 0 radical (unpaired) electrons. The summed E-state index contributed by atoms with van der Waals surface area (Å²) in [6.07, 6.45) is 1.54. The van der Waals surface area contributed by atoms with Crippen LogP contribution in [0.2, 0.25) is 5.54 Å². The van der Waals surface area contributed by atoms with Gasteiger partial charge in [-0.3, -0.25) is 0 Å². The molecule has 5 nitrogen and oxygen atoms in total. The number of hydrogen-bond donors (Lipinski definition) is 1. The maximum absolute atomic E-state index is 10.8. The summed E-state index contributed by atoms with van der Waals surface area (Å²) in [5.41, 5.74) is 0.453. The SMILES string of the molecule is CCO[SiH](OCC)C(C)CCCNC(=O)OC. The molecule has 1 unspecified atom stereocenters. The summed E-state index contributed by atoms with van der Waals surface area (Å²) in [7, 11) is -0.180. The standard InChI is InChI=1S/C11H25NO4Si/c1-5-15-17(16-6-2)10(3)8-7-9-12-11(13)14-4/h10,17H,5-9H2,1-4H3,(H,12,13). The Bertz CT molecular complexity index is 198. The number of ether oxygens (including phenoxy) is 1. The summed E-state index contributed by atoms with van der Waals surface area (Å²) in [6.45, 7) is 8.19. The van der Waals surface area contributed by atoms with Crippen molar-refractivity contribution in [2.24, 2.45) is 0 Å². The highest BCUT2D eigenvalue weighted by Crippen LogP contribution is 2.18. The lowest BCUT2D eigenvalue weighted by atomic mass is 10.2. The molecular formula is C11H25NO4Si. The van der Waals surface area contributed by atoms with Crippen molar-refractivity contribution in [1.82, 2.24) is 5.32 Å². The van der Waals surface area contributed by atoms with E-state index in [9.17, 15) is 4.79 Å².